The topological polar surface area (TPSA) is 29.9 Å². The minimum atomic E-state index is -4.42. The average molecular weight is 312 g/mol. The largest absolute Gasteiger partial charge is 0.411 e. The molecule has 0 aliphatic heterocycles. The van der Waals surface area contributed by atoms with Gasteiger partial charge in [0.1, 0.15) is 17.9 Å². The van der Waals surface area contributed by atoms with Crippen LogP contribution in [0.4, 0.5) is 22.0 Å². The van der Waals surface area contributed by atoms with Crippen molar-refractivity contribution in [1.82, 2.24) is 9.55 Å². The Bertz CT molecular complexity index is 676. The van der Waals surface area contributed by atoms with Crippen molar-refractivity contribution in [3.63, 3.8) is 0 Å². The number of alkyl halides is 3. The lowest BCUT2D eigenvalue weighted by atomic mass is 10.3. The quantitative estimate of drug-likeness (QED) is 0.531. The Hall–Kier alpha value is -1.48. The third kappa shape index (κ3) is 3.34. The molecule has 0 bridgehead atoms. The molecule has 2 aromatic rings. The van der Waals surface area contributed by atoms with Gasteiger partial charge in [-0.25, -0.2) is 8.78 Å². The Kier molecular flexibility index (Phi) is 4.09. The summed E-state index contributed by atoms with van der Waals surface area (Å²) in [4.78, 5) is 2.54. The minimum Gasteiger partial charge on any atom is -0.370 e. The molecule has 0 atom stereocenters. The highest BCUT2D eigenvalue weighted by molar-refractivity contribution is 7.71. The number of fused-ring (bicyclic) bond motifs is 1. The van der Waals surface area contributed by atoms with Gasteiger partial charge in [0, 0.05) is 12.6 Å². The van der Waals surface area contributed by atoms with Crippen LogP contribution in [0.25, 0.3) is 11.0 Å². The van der Waals surface area contributed by atoms with E-state index < -0.39 is 24.4 Å². The second-order valence-electron chi connectivity index (χ2n) is 4.03. The molecule has 1 N–H and O–H groups in total. The number of aromatic nitrogens is 2. The van der Waals surface area contributed by atoms with Crippen LogP contribution in [0.5, 0.6) is 0 Å². The zero-order valence-electron chi connectivity index (χ0n) is 9.93. The Balaban J connectivity index is 2.18. The maximum Gasteiger partial charge on any atom is 0.411 e. The second-order valence-corrected chi connectivity index (χ2v) is 4.42. The Labute approximate surface area is 115 Å². The summed E-state index contributed by atoms with van der Waals surface area (Å²) in [7, 11) is 0. The van der Waals surface area contributed by atoms with Gasteiger partial charge in [-0.15, -0.1) is 0 Å². The SMILES string of the molecule is Fc1cc(F)c2[nH]c(=S)n(CCOCC(F)(F)F)c2c1. The van der Waals surface area contributed by atoms with Crippen LogP contribution in [0, 0.1) is 16.4 Å². The van der Waals surface area contributed by atoms with Gasteiger partial charge in [0.05, 0.1) is 12.1 Å². The molecule has 1 aromatic heterocycles. The molecule has 20 heavy (non-hydrogen) atoms. The van der Waals surface area contributed by atoms with E-state index in [0.29, 0.717) is 6.07 Å². The van der Waals surface area contributed by atoms with Gasteiger partial charge >= 0.3 is 6.18 Å². The van der Waals surface area contributed by atoms with Crippen LogP contribution >= 0.6 is 12.2 Å². The third-order valence-corrected chi connectivity index (χ3v) is 2.85. The first-order chi connectivity index (χ1) is 9.28. The van der Waals surface area contributed by atoms with Crippen molar-refractivity contribution in [3.05, 3.63) is 28.5 Å². The van der Waals surface area contributed by atoms with Crippen LogP contribution in [-0.4, -0.2) is 28.9 Å². The molecule has 0 spiro atoms. The number of halogens is 5. The fourth-order valence-corrected chi connectivity index (χ4v) is 2.04. The van der Waals surface area contributed by atoms with Crippen LogP contribution in [0.15, 0.2) is 12.1 Å². The lowest BCUT2D eigenvalue weighted by molar-refractivity contribution is -0.174. The highest BCUT2D eigenvalue weighted by Crippen LogP contribution is 2.19. The van der Waals surface area contributed by atoms with E-state index in [2.05, 4.69) is 9.72 Å². The van der Waals surface area contributed by atoms with Crippen molar-refractivity contribution in [3.8, 4) is 0 Å². The highest BCUT2D eigenvalue weighted by Gasteiger charge is 2.27. The molecule has 0 saturated carbocycles. The molecular weight excluding hydrogens is 303 g/mol. The number of hydrogen-bond acceptors (Lipinski definition) is 2. The molecule has 1 heterocycles. The maximum atomic E-state index is 13.5. The number of nitrogens with zero attached hydrogens (tertiary/aromatic N) is 1. The van der Waals surface area contributed by atoms with Gasteiger partial charge in [-0.3, -0.25) is 0 Å². The van der Waals surface area contributed by atoms with Gasteiger partial charge in [-0.2, -0.15) is 13.2 Å². The summed E-state index contributed by atoms with van der Waals surface area (Å²) in [5.74, 6) is -1.62. The first-order valence-electron chi connectivity index (χ1n) is 5.50. The fraction of sp³-hybridized carbons (Fsp3) is 0.364. The summed E-state index contributed by atoms with van der Waals surface area (Å²) < 4.78 is 68.1. The van der Waals surface area contributed by atoms with E-state index in [4.69, 9.17) is 12.2 Å². The average Bonchev–Trinajstić information content (AvgIpc) is 2.61. The molecule has 0 amide bonds. The summed E-state index contributed by atoms with van der Waals surface area (Å²) >= 11 is 4.92. The number of H-pyrrole nitrogens is 1. The maximum absolute atomic E-state index is 13.5. The summed E-state index contributed by atoms with van der Waals surface area (Å²) in [6.07, 6.45) is -4.42. The van der Waals surface area contributed by atoms with Crippen molar-refractivity contribution < 1.29 is 26.7 Å². The zero-order chi connectivity index (χ0) is 14.9. The summed E-state index contributed by atoms with van der Waals surface area (Å²) in [6.45, 7) is -1.71. The molecule has 9 heteroatoms. The normalized spacial score (nSPS) is 12.2. The first kappa shape index (κ1) is 14.9. The van der Waals surface area contributed by atoms with Crippen LogP contribution in [0.1, 0.15) is 0 Å². The van der Waals surface area contributed by atoms with Crippen molar-refractivity contribution in [2.45, 2.75) is 12.7 Å². The molecule has 1 aromatic carbocycles. The molecule has 2 rings (SSSR count). The smallest absolute Gasteiger partial charge is 0.370 e. The summed E-state index contributed by atoms with van der Waals surface area (Å²) in [5, 5.41) is 0. The van der Waals surface area contributed by atoms with Crippen LogP contribution in [0.3, 0.4) is 0 Å². The van der Waals surface area contributed by atoms with Gasteiger partial charge in [0.2, 0.25) is 0 Å². The Morgan fingerprint density at radius 2 is 1.95 bits per heavy atom. The Morgan fingerprint density at radius 1 is 1.25 bits per heavy atom. The van der Waals surface area contributed by atoms with Crippen molar-refractivity contribution in [1.29, 1.82) is 0 Å². The van der Waals surface area contributed by atoms with E-state index >= 15 is 0 Å². The summed E-state index contributed by atoms with van der Waals surface area (Å²) in [5.41, 5.74) is 0.148. The molecule has 0 aliphatic rings. The minimum absolute atomic E-state index is 0.00669. The zero-order valence-corrected chi connectivity index (χ0v) is 10.7. The molecule has 0 unspecified atom stereocenters. The van der Waals surface area contributed by atoms with Crippen molar-refractivity contribution in [2.24, 2.45) is 0 Å². The Morgan fingerprint density at radius 3 is 2.60 bits per heavy atom. The molecule has 3 nitrogen and oxygen atoms in total. The van der Waals surface area contributed by atoms with Gasteiger partial charge in [0.25, 0.3) is 0 Å². The number of imidazole rings is 1. The standard InChI is InChI=1S/C11H9F5N2OS/c12-6-3-7(13)9-8(4-6)18(10(20)17-9)1-2-19-5-11(14,15)16/h3-4H,1-2,5H2,(H,17,20). The number of nitrogens with one attached hydrogen (secondary N) is 1. The predicted molar refractivity (Wildman–Crippen MR) is 63.9 cm³/mol. The lowest BCUT2D eigenvalue weighted by Gasteiger charge is -2.08. The van der Waals surface area contributed by atoms with E-state index in [9.17, 15) is 22.0 Å². The van der Waals surface area contributed by atoms with Crippen LogP contribution in [0.2, 0.25) is 0 Å². The molecule has 110 valence electrons. The van der Waals surface area contributed by atoms with E-state index in [0.717, 1.165) is 6.07 Å². The second kappa shape index (κ2) is 5.49. The lowest BCUT2D eigenvalue weighted by Crippen LogP contribution is -2.19. The van der Waals surface area contributed by atoms with Crippen LogP contribution < -0.4 is 0 Å². The fourth-order valence-electron chi connectivity index (χ4n) is 1.75. The number of benzene rings is 1. The monoisotopic (exact) mass is 312 g/mol. The molecule has 0 aliphatic carbocycles. The highest BCUT2D eigenvalue weighted by atomic mass is 32.1. The molecule has 0 radical (unpaired) electrons. The molecule has 0 fully saturated rings. The molecule has 0 saturated heterocycles. The third-order valence-electron chi connectivity index (χ3n) is 2.53. The van der Waals surface area contributed by atoms with E-state index in [1.165, 1.54) is 4.57 Å². The van der Waals surface area contributed by atoms with E-state index in [1.807, 2.05) is 0 Å². The number of ether oxygens (including phenoxy) is 1. The van der Waals surface area contributed by atoms with E-state index in [-0.39, 0.29) is 29.0 Å². The number of hydrogen-bond donors (Lipinski definition) is 1. The van der Waals surface area contributed by atoms with Gasteiger partial charge in [0.15, 0.2) is 10.6 Å². The van der Waals surface area contributed by atoms with Crippen LogP contribution in [-0.2, 0) is 11.3 Å². The van der Waals surface area contributed by atoms with Crippen molar-refractivity contribution >= 4 is 23.3 Å². The van der Waals surface area contributed by atoms with Gasteiger partial charge in [-0.1, -0.05) is 0 Å². The predicted octanol–water partition coefficient (Wildman–Crippen LogP) is 3.56. The number of rotatable bonds is 4. The number of aromatic amines is 1. The van der Waals surface area contributed by atoms with Gasteiger partial charge in [-0.05, 0) is 18.3 Å². The first-order valence-corrected chi connectivity index (χ1v) is 5.91. The van der Waals surface area contributed by atoms with E-state index in [1.54, 1.807) is 0 Å². The molecular formula is C11H9F5N2OS. The van der Waals surface area contributed by atoms with Gasteiger partial charge < -0.3 is 14.3 Å². The van der Waals surface area contributed by atoms with Crippen molar-refractivity contribution in [2.75, 3.05) is 13.2 Å². The summed E-state index contributed by atoms with van der Waals surface area (Å²) in [6, 6.07) is 1.74.